The Morgan fingerprint density at radius 3 is 2.70 bits per heavy atom. The van der Waals surface area contributed by atoms with Crippen molar-refractivity contribution in [3.8, 4) is 5.75 Å². The molecule has 0 unspecified atom stereocenters. The molecule has 0 radical (unpaired) electrons. The molecule has 0 bridgehead atoms. The zero-order valence-corrected chi connectivity index (χ0v) is 12.3. The Balaban J connectivity index is 2.36. The van der Waals surface area contributed by atoms with E-state index in [0.29, 0.717) is 23.2 Å². The molecule has 2 aromatic rings. The van der Waals surface area contributed by atoms with Gasteiger partial charge in [-0.05, 0) is 38.5 Å². The lowest BCUT2D eigenvalue weighted by atomic mass is 10.1. The van der Waals surface area contributed by atoms with E-state index in [4.69, 9.17) is 9.47 Å². The molecule has 0 atom stereocenters. The van der Waals surface area contributed by atoms with Crippen LogP contribution >= 0.6 is 0 Å². The van der Waals surface area contributed by atoms with Crippen LogP contribution in [0.3, 0.4) is 0 Å². The van der Waals surface area contributed by atoms with Gasteiger partial charge in [0.05, 0.1) is 29.9 Å². The lowest BCUT2D eigenvalue weighted by Crippen LogP contribution is -2.28. The summed E-state index contributed by atoms with van der Waals surface area (Å²) in [5, 5.41) is 0.571. The first-order chi connectivity index (χ1) is 9.46. The summed E-state index contributed by atoms with van der Waals surface area (Å²) >= 11 is 0. The molecule has 0 amide bonds. The van der Waals surface area contributed by atoms with E-state index in [9.17, 15) is 4.79 Å². The first-order valence-electron chi connectivity index (χ1n) is 6.55. The number of aryl methyl sites for hydroxylation is 1. The lowest BCUT2D eigenvalue weighted by molar-refractivity contribution is 0.0118. The van der Waals surface area contributed by atoms with Crippen LogP contribution in [0.15, 0.2) is 29.3 Å². The molecule has 0 N–H and O–H groups in total. The molecule has 1 aromatic carbocycles. The molecule has 2 rings (SSSR count). The second-order valence-electron chi connectivity index (χ2n) is 5.34. The van der Waals surface area contributed by atoms with Crippen LogP contribution in [-0.4, -0.2) is 29.4 Å². The molecule has 0 saturated heterocycles. The highest BCUT2D eigenvalue weighted by Gasteiger charge is 2.16. The number of benzene rings is 1. The van der Waals surface area contributed by atoms with E-state index in [-0.39, 0.29) is 11.2 Å². The second kappa shape index (κ2) is 5.63. The highest BCUT2D eigenvalue weighted by Crippen LogP contribution is 2.17. The molecule has 0 aliphatic rings. The quantitative estimate of drug-likeness (QED) is 0.840. The van der Waals surface area contributed by atoms with E-state index in [1.54, 1.807) is 43.3 Å². The molecule has 5 nitrogen and oxygen atoms in total. The predicted octanol–water partition coefficient (Wildman–Crippen LogP) is 2.22. The summed E-state index contributed by atoms with van der Waals surface area (Å²) < 4.78 is 12.1. The summed E-state index contributed by atoms with van der Waals surface area (Å²) in [6, 6.07) is 5.31. The van der Waals surface area contributed by atoms with Gasteiger partial charge in [-0.1, -0.05) is 0 Å². The van der Waals surface area contributed by atoms with Crippen molar-refractivity contribution in [3.63, 3.8) is 0 Å². The van der Waals surface area contributed by atoms with Gasteiger partial charge in [0.1, 0.15) is 5.75 Å². The van der Waals surface area contributed by atoms with Crippen LogP contribution in [0.25, 0.3) is 10.9 Å². The number of hydrogen-bond acceptors (Lipinski definition) is 4. The van der Waals surface area contributed by atoms with Gasteiger partial charge in [0, 0.05) is 13.7 Å². The molecule has 0 aliphatic heterocycles. The number of methoxy groups -OCH3 is 2. The van der Waals surface area contributed by atoms with Gasteiger partial charge in [-0.25, -0.2) is 4.98 Å². The van der Waals surface area contributed by atoms with Gasteiger partial charge in [-0.15, -0.1) is 0 Å². The Morgan fingerprint density at radius 1 is 1.30 bits per heavy atom. The smallest absolute Gasteiger partial charge is 0.261 e. The number of hydrogen-bond donors (Lipinski definition) is 0. The fourth-order valence-electron chi connectivity index (χ4n) is 1.92. The Bertz CT molecular complexity index is 662. The van der Waals surface area contributed by atoms with Crippen LogP contribution in [0, 0.1) is 0 Å². The van der Waals surface area contributed by atoms with Gasteiger partial charge in [0.25, 0.3) is 5.56 Å². The van der Waals surface area contributed by atoms with E-state index in [1.165, 1.54) is 0 Å². The normalized spacial score (nSPS) is 11.8. The third-order valence-electron chi connectivity index (χ3n) is 3.54. The number of ether oxygens (including phenoxy) is 2. The molecule has 0 fully saturated rings. The molecule has 1 aromatic heterocycles. The van der Waals surface area contributed by atoms with Crippen LogP contribution in [0.5, 0.6) is 5.75 Å². The van der Waals surface area contributed by atoms with Crippen molar-refractivity contribution in [1.29, 1.82) is 0 Å². The summed E-state index contributed by atoms with van der Waals surface area (Å²) in [7, 11) is 3.25. The maximum absolute atomic E-state index is 12.4. The summed E-state index contributed by atoms with van der Waals surface area (Å²) in [6.45, 7) is 4.56. The van der Waals surface area contributed by atoms with Crippen molar-refractivity contribution < 1.29 is 9.47 Å². The maximum atomic E-state index is 12.4. The highest BCUT2D eigenvalue weighted by molar-refractivity contribution is 5.78. The van der Waals surface area contributed by atoms with Crippen molar-refractivity contribution in [2.75, 3.05) is 14.2 Å². The molecule has 1 heterocycles. The second-order valence-corrected chi connectivity index (χ2v) is 5.34. The Kier molecular flexibility index (Phi) is 4.09. The topological polar surface area (TPSA) is 53.4 Å². The van der Waals surface area contributed by atoms with Gasteiger partial charge in [0.15, 0.2) is 0 Å². The number of fused-ring (bicyclic) bond motifs is 1. The average molecular weight is 276 g/mol. The minimum Gasteiger partial charge on any atom is -0.497 e. The van der Waals surface area contributed by atoms with Gasteiger partial charge in [0.2, 0.25) is 0 Å². The minimum absolute atomic E-state index is 0.0548. The lowest BCUT2D eigenvalue weighted by Gasteiger charge is -2.23. The molecule has 0 saturated carbocycles. The first kappa shape index (κ1) is 14.5. The summed E-state index contributed by atoms with van der Waals surface area (Å²) in [5.41, 5.74) is 0.363. The number of nitrogens with zero attached hydrogens (tertiary/aromatic N) is 2. The van der Waals surface area contributed by atoms with Crippen LogP contribution < -0.4 is 10.3 Å². The standard InChI is InChI=1S/C15H20N2O3/c1-15(2,20-4)7-8-17-10-16-13-6-5-11(19-3)9-12(13)14(17)18/h5-6,9-10H,7-8H2,1-4H3. The zero-order valence-electron chi connectivity index (χ0n) is 12.3. The van der Waals surface area contributed by atoms with Crippen molar-refractivity contribution in [1.82, 2.24) is 9.55 Å². The highest BCUT2D eigenvalue weighted by atomic mass is 16.5. The number of rotatable bonds is 5. The van der Waals surface area contributed by atoms with Gasteiger partial charge < -0.3 is 9.47 Å². The van der Waals surface area contributed by atoms with Crippen molar-refractivity contribution >= 4 is 10.9 Å². The third kappa shape index (κ3) is 2.99. The Morgan fingerprint density at radius 2 is 2.05 bits per heavy atom. The molecular weight excluding hydrogens is 256 g/mol. The Hall–Kier alpha value is -1.88. The van der Waals surface area contributed by atoms with Gasteiger partial charge in [-0.3, -0.25) is 9.36 Å². The molecule has 108 valence electrons. The van der Waals surface area contributed by atoms with Crippen molar-refractivity contribution in [2.45, 2.75) is 32.4 Å². The summed E-state index contributed by atoms with van der Waals surface area (Å²) in [6.07, 6.45) is 2.32. The Labute approximate surface area is 118 Å². The molecule has 20 heavy (non-hydrogen) atoms. The van der Waals surface area contributed by atoms with Crippen LogP contribution in [0.1, 0.15) is 20.3 Å². The summed E-state index contributed by atoms with van der Waals surface area (Å²) in [4.78, 5) is 16.7. The fraction of sp³-hybridized carbons (Fsp3) is 0.467. The van der Waals surface area contributed by atoms with E-state index < -0.39 is 0 Å². The molecule has 0 aliphatic carbocycles. The fourth-order valence-corrected chi connectivity index (χ4v) is 1.92. The maximum Gasteiger partial charge on any atom is 0.261 e. The zero-order chi connectivity index (χ0) is 14.8. The first-order valence-corrected chi connectivity index (χ1v) is 6.55. The van der Waals surface area contributed by atoms with E-state index in [2.05, 4.69) is 4.98 Å². The molecule has 0 spiro atoms. The van der Waals surface area contributed by atoms with E-state index >= 15 is 0 Å². The SMILES string of the molecule is COc1ccc2ncn(CCC(C)(C)OC)c(=O)c2c1. The number of aromatic nitrogens is 2. The molecular formula is C15H20N2O3. The van der Waals surface area contributed by atoms with E-state index in [0.717, 1.165) is 6.42 Å². The van der Waals surface area contributed by atoms with Gasteiger partial charge >= 0.3 is 0 Å². The average Bonchev–Trinajstić information content (AvgIpc) is 2.46. The van der Waals surface area contributed by atoms with Crippen molar-refractivity contribution in [3.05, 3.63) is 34.9 Å². The van der Waals surface area contributed by atoms with Crippen LogP contribution in [0.2, 0.25) is 0 Å². The van der Waals surface area contributed by atoms with Gasteiger partial charge in [-0.2, -0.15) is 0 Å². The van der Waals surface area contributed by atoms with E-state index in [1.807, 2.05) is 13.8 Å². The molecule has 5 heteroatoms. The van der Waals surface area contributed by atoms with Crippen LogP contribution in [0.4, 0.5) is 0 Å². The monoisotopic (exact) mass is 276 g/mol. The third-order valence-corrected chi connectivity index (χ3v) is 3.54. The summed E-state index contributed by atoms with van der Waals surface area (Å²) in [5.74, 6) is 0.659. The van der Waals surface area contributed by atoms with Crippen molar-refractivity contribution in [2.24, 2.45) is 0 Å². The predicted molar refractivity (Wildman–Crippen MR) is 78.3 cm³/mol. The largest absolute Gasteiger partial charge is 0.497 e. The minimum atomic E-state index is -0.261. The van der Waals surface area contributed by atoms with Crippen LogP contribution in [-0.2, 0) is 11.3 Å².